The lowest BCUT2D eigenvalue weighted by Crippen LogP contribution is -2.37. The second-order valence-corrected chi connectivity index (χ2v) is 10.9. The van der Waals surface area contributed by atoms with Crippen molar-refractivity contribution in [1.82, 2.24) is 15.0 Å². The lowest BCUT2D eigenvalue weighted by Gasteiger charge is -2.28. The molecule has 1 aliphatic heterocycles. The third-order valence-electron chi connectivity index (χ3n) is 5.94. The van der Waals surface area contributed by atoms with Gasteiger partial charge in [0, 0.05) is 54.4 Å². The van der Waals surface area contributed by atoms with E-state index >= 15 is 0 Å². The summed E-state index contributed by atoms with van der Waals surface area (Å²) in [5, 5.41) is 3.71. The number of morpholine rings is 1. The topological polar surface area (TPSA) is 117 Å². The van der Waals surface area contributed by atoms with E-state index in [1.807, 2.05) is 30.5 Å². The number of benzene rings is 2. The number of ether oxygens (including phenoxy) is 1. The van der Waals surface area contributed by atoms with Gasteiger partial charge in [0.25, 0.3) is 0 Å². The molecule has 2 N–H and O–H groups in total. The molecule has 0 unspecified atom stereocenters. The van der Waals surface area contributed by atoms with Crippen LogP contribution in [-0.2, 0) is 30.9 Å². The van der Waals surface area contributed by atoms with Crippen LogP contribution in [0, 0.1) is 0 Å². The van der Waals surface area contributed by atoms with Crippen LogP contribution in [0.25, 0.3) is 22.3 Å². The Hall–Kier alpha value is -3.76. The molecule has 0 radical (unpaired) electrons. The number of H-pyrrole nitrogens is 1. The fourth-order valence-corrected chi connectivity index (χ4v) is 5.65. The second-order valence-electron chi connectivity index (χ2n) is 8.83. The average Bonchev–Trinajstić information content (AvgIpc) is 3.33. The first-order valence-corrected chi connectivity index (χ1v) is 13.5. The highest BCUT2D eigenvalue weighted by Gasteiger charge is 2.20. The molecular weight excluding hydrogens is 478 g/mol. The Kier molecular flexibility index (Phi) is 6.71. The average molecular weight is 506 g/mol. The van der Waals surface area contributed by atoms with E-state index in [0.29, 0.717) is 54.9 Å². The summed E-state index contributed by atoms with van der Waals surface area (Å²) in [6.45, 7) is 3.98. The number of nitrogens with zero attached hydrogens (tertiary/aromatic N) is 3. The molecule has 1 aliphatic rings. The summed E-state index contributed by atoms with van der Waals surface area (Å²) in [6, 6.07) is 16.5. The van der Waals surface area contributed by atoms with Gasteiger partial charge in [-0.25, -0.2) is 18.4 Å². The summed E-state index contributed by atoms with van der Waals surface area (Å²) in [4.78, 5) is 25.9. The van der Waals surface area contributed by atoms with Crippen LogP contribution in [0.15, 0.2) is 60.8 Å². The molecule has 4 aromatic rings. The van der Waals surface area contributed by atoms with Crippen molar-refractivity contribution in [2.45, 2.75) is 18.4 Å². The fraction of sp³-hybridized carbons (Fsp3) is 0.269. The first kappa shape index (κ1) is 24.0. The van der Waals surface area contributed by atoms with Gasteiger partial charge in [-0.1, -0.05) is 12.1 Å². The van der Waals surface area contributed by atoms with E-state index in [-0.39, 0.29) is 17.4 Å². The summed E-state index contributed by atoms with van der Waals surface area (Å²) in [7, 11) is -3.52. The minimum Gasteiger partial charge on any atom is -0.378 e. The van der Waals surface area contributed by atoms with Gasteiger partial charge in [-0.3, -0.25) is 4.79 Å². The van der Waals surface area contributed by atoms with Crippen LogP contribution in [0.5, 0.6) is 0 Å². The second kappa shape index (κ2) is 10.1. The summed E-state index contributed by atoms with van der Waals surface area (Å²) in [5.41, 5.74) is 3.55. The number of anilines is 2. The molecule has 1 amide bonds. The van der Waals surface area contributed by atoms with E-state index in [2.05, 4.69) is 20.2 Å². The van der Waals surface area contributed by atoms with Gasteiger partial charge >= 0.3 is 0 Å². The molecule has 36 heavy (non-hydrogen) atoms. The Labute approximate surface area is 209 Å². The molecular formula is C26H27N5O4S. The molecule has 10 heteroatoms. The van der Waals surface area contributed by atoms with E-state index in [1.54, 1.807) is 30.3 Å². The molecule has 2 aromatic heterocycles. The van der Waals surface area contributed by atoms with Gasteiger partial charge in [0.2, 0.25) is 5.91 Å². The molecule has 0 aliphatic carbocycles. The Bertz CT molecular complexity index is 1490. The van der Waals surface area contributed by atoms with E-state index in [0.717, 1.165) is 16.5 Å². The van der Waals surface area contributed by atoms with E-state index in [9.17, 15) is 13.2 Å². The predicted molar refractivity (Wildman–Crippen MR) is 139 cm³/mol. The van der Waals surface area contributed by atoms with Crippen LogP contribution in [0.4, 0.5) is 11.5 Å². The molecule has 0 saturated carbocycles. The van der Waals surface area contributed by atoms with E-state index in [4.69, 9.17) is 9.72 Å². The minimum absolute atomic E-state index is 0.130. The highest BCUT2D eigenvalue weighted by molar-refractivity contribution is 7.89. The summed E-state index contributed by atoms with van der Waals surface area (Å²) < 4.78 is 31.8. The molecule has 3 heterocycles. The first-order chi connectivity index (χ1) is 17.3. The van der Waals surface area contributed by atoms with Crippen LogP contribution in [0.3, 0.4) is 0 Å². The molecule has 5 rings (SSSR count). The third-order valence-corrected chi connectivity index (χ3v) is 7.45. The number of nitrogens with one attached hydrogen (secondary N) is 2. The molecule has 2 aromatic carbocycles. The predicted octanol–water partition coefficient (Wildman–Crippen LogP) is 3.53. The van der Waals surface area contributed by atoms with Gasteiger partial charge in [-0.2, -0.15) is 0 Å². The van der Waals surface area contributed by atoms with Crippen LogP contribution < -0.4 is 10.2 Å². The minimum atomic E-state index is -3.52. The van der Waals surface area contributed by atoms with Crippen LogP contribution in [0.2, 0.25) is 0 Å². The molecule has 186 valence electrons. The number of fused-ring (bicyclic) bond motifs is 1. The number of amides is 1. The quantitative estimate of drug-likeness (QED) is 0.395. The Balaban J connectivity index is 1.43. The molecule has 0 bridgehead atoms. The lowest BCUT2D eigenvalue weighted by molar-refractivity contribution is -0.114. The van der Waals surface area contributed by atoms with Gasteiger partial charge in [0.05, 0.1) is 30.4 Å². The molecule has 1 fully saturated rings. The fourth-order valence-electron chi connectivity index (χ4n) is 4.25. The van der Waals surface area contributed by atoms with Gasteiger partial charge in [-0.05, 0) is 42.0 Å². The standard InChI is InChI=1S/C26H27N5O4S/c1-18(32)28-22-5-2-19(3-6-22)16-36(33,34)17-23-15-25(31-10-12-35-13-11-31)30-26(29-23)21-4-7-24-20(14-21)8-9-27-24/h2-9,14-15,27H,10-13,16-17H2,1H3,(H,28,32). The Morgan fingerprint density at radius 3 is 2.56 bits per heavy atom. The summed E-state index contributed by atoms with van der Waals surface area (Å²) in [6.07, 6.45) is 1.88. The zero-order valence-electron chi connectivity index (χ0n) is 19.9. The normalized spacial score (nSPS) is 14.2. The van der Waals surface area contributed by atoms with Crippen molar-refractivity contribution in [2.24, 2.45) is 0 Å². The van der Waals surface area contributed by atoms with Gasteiger partial charge < -0.3 is 19.9 Å². The number of hydrogen-bond donors (Lipinski definition) is 2. The number of carbonyl (C=O) groups excluding carboxylic acids is 1. The number of rotatable bonds is 7. The van der Waals surface area contributed by atoms with Crippen molar-refractivity contribution in [3.05, 3.63) is 72.1 Å². The highest BCUT2D eigenvalue weighted by Crippen LogP contribution is 2.26. The highest BCUT2D eigenvalue weighted by atomic mass is 32.2. The SMILES string of the molecule is CC(=O)Nc1ccc(CS(=O)(=O)Cc2cc(N3CCOCC3)nc(-c3ccc4[nH]ccc4c3)n2)cc1. The van der Waals surface area contributed by atoms with E-state index in [1.165, 1.54) is 6.92 Å². The Morgan fingerprint density at radius 2 is 1.81 bits per heavy atom. The zero-order valence-corrected chi connectivity index (χ0v) is 20.7. The number of sulfone groups is 1. The number of hydrogen-bond acceptors (Lipinski definition) is 7. The lowest BCUT2D eigenvalue weighted by atomic mass is 10.1. The third kappa shape index (κ3) is 5.72. The van der Waals surface area contributed by atoms with Crippen LogP contribution in [-0.4, -0.2) is 55.6 Å². The molecule has 0 spiro atoms. The summed E-state index contributed by atoms with van der Waals surface area (Å²) in [5.74, 6) is 0.671. The van der Waals surface area contributed by atoms with Crippen LogP contribution in [0.1, 0.15) is 18.2 Å². The maximum absolute atomic E-state index is 13.1. The summed E-state index contributed by atoms with van der Waals surface area (Å²) >= 11 is 0. The van der Waals surface area contributed by atoms with Crippen LogP contribution >= 0.6 is 0 Å². The Morgan fingerprint density at radius 1 is 1.03 bits per heavy atom. The van der Waals surface area contributed by atoms with Crippen molar-refractivity contribution < 1.29 is 17.9 Å². The van der Waals surface area contributed by atoms with Gasteiger partial charge in [0.1, 0.15) is 5.82 Å². The van der Waals surface area contributed by atoms with Crippen molar-refractivity contribution in [1.29, 1.82) is 0 Å². The molecule has 9 nitrogen and oxygen atoms in total. The maximum atomic E-state index is 13.1. The maximum Gasteiger partial charge on any atom is 0.221 e. The zero-order chi connectivity index (χ0) is 25.1. The van der Waals surface area contributed by atoms with Crippen molar-refractivity contribution in [3.63, 3.8) is 0 Å². The van der Waals surface area contributed by atoms with Crippen molar-refractivity contribution >= 4 is 38.2 Å². The van der Waals surface area contributed by atoms with E-state index < -0.39 is 9.84 Å². The number of aromatic nitrogens is 3. The number of carbonyl (C=O) groups is 1. The number of aromatic amines is 1. The van der Waals surface area contributed by atoms with Gasteiger partial charge in [0.15, 0.2) is 15.7 Å². The first-order valence-electron chi connectivity index (χ1n) is 11.7. The van der Waals surface area contributed by atoms with Gasteiger partial charge in [-0.15, -0.1) is 0 Å². The smallest absolute Gasteiger partial charge is 0.221 e. The molecule has 1 saturated heterocycles. The van der Waals surface area contributed by atoms with Crippen molar-refractivity contribution in [3.8, 4) is 11.4 Å². The van der Waals surface area contributed by atoms with Crippen molar-refractivity contribution in [2.75, 3.05) is 36.5 Å². The molecule has 0 atom stereocenters. The monoisotopic (exact) mass is 505 g/mol. The largest absolute Gasteiger partial charge is 0.378 e.